The molecule has 0 bridgehead atoms. The molecule has 0 unspecified atom stereocenters. The molecule has 168 valence electrons. The highest BCUT2D eigenvalue weighted by molar-refractivity contribution is 5.95. The van der Waals surface area contributed by atoms with Crippen molar-refractivity contribution in [3.8, 4) is 28.1 Å². The van der Waals surface area contributed by atoms with Crippen molar-refractivity contribution in [2.75, 3.05) is 11.9 Å². The number of fused-ring (bicyclic) bond motifs is 1. The topological polar surface area (TPSA) is 55.6 Å². The maximum absolute atomic E-state index is 12.5. The number of aryl methyl sites for hydroxylation is 1. The van der Waals surface area contributed by atoms with Crippen LogP contribution in [0.4, 0.5) is 5.69 Å². The van der Waals surface area contributed by atoms with Crippen LogP contribution in [-0.4, -0.2) is 21.9 Å². The molecule has 0 spiro atoms. The number of rotatable bonds is 7. The van der Waals surface area contributed by atoms with Crippen molar-refractivity contribution in [2.24, 2.45) is 0 Å². The zero-order chi connectivity index (χ0) is 23.3. The second-order valence-electron chi connectivity index (χ2n) is 8.06. The smallest absolute Gasteiger partial charge is 0.262 e. The van der Waals surface area contributed by atoms with Crippen molar-refractivity contribution < 1.29 is 9.53 Å². The lowest BCUT2D eigenvalue weighted by Crippen LogP contribution is -2.20. The van der Waals surface area contributed by atoms with Gasteiger partial charge in [-0.2, -0.15) is 0 Å². The van der Waals surface area contributed by atoms with Gasteiger partial charge in [-0.25, -0.2) is 4.98 Å². The molecule has 2 aromatic heterocycles. The van der Waals surface area contributed by atoms with E-state index >= 15 is 0 Å². The van der Waals surface area contributed by atoms with E-state index < -0.39 is 0 Å². The molecule has 5 heteroatoms. The summed E-state index contributed by atoms with van der Waals surface area (Å²) in [5.74, 6) is 0.442. The van der Waals surface area contributed by atoms with Gasteiger partial charge in [-0.05, 0) is 47.4 Å². The highest BCUT2D eigenvalue weighted by Crippen LogP contribution is 2.26. The Bertz CT molecular complexity index is 1410. The van der Waals surface area contributed by atoms with Crippen molar-refractivity contribution in [1.82, 2.24) is 9.38 Å². The van der Waals surface area contributed by atoms with Gasteiger partial charge in [0.1, 0.15) is 5.75 Å². The van der Waals surface area contributed by atoms with Crippen LogP contribution in [0.15, 0.2) is 103 Å². The molecule has 0 atom stereocenters. The van der Waals surface area contributed by atoms with Gasteiger partial charge in [-0.3, -0.25) is 4.79 Å². The van der Waals surface area contributed by atoms with Crippen LogP contribution in [0.5, 0.6) is 5.75 Å². The number of imidazole rings is 1. The lowest BCUT2D eigenvalue weighted by atomic mass is 10.0. The molecule has 0 saturated carbocycles. The summed E-state index contributed by atoms with van der Waals surface area (Å²) in [6, 6.07) is 30.1. The van der Waals surface area contributed by atoms with Crippen molar-refractivity contribution >= 4 is 17.2 Å². The number of carbonyl (C=O) groups is 1. The van der Waals surface area contributed by atoms with Crippen LogP contribution in [0.25, 0.3) is 28.0 Å². The Labute approximate surface area is 198 Å². The molecule has 0 aliphatic carbocycles. The van der Waals surface area contributed by atoms with Crippen molar-refractivity contribution in [1.29, 1.82) is 0 Å². The van der Waals surface area contributed by atoms with Gasteiger partial charge in [-0.15, -0.1) is 0 Å². The van der Waals surface area contributed by atoms with Crippen molar-refractivity contribution in [2.45, 2.75) is 13.3 Å². The molecule has 3 aromatic carbocycles. The number of hydrogen-bond donors (Lipinski definition) is 1. The quantitative estimate of drug-likeness (QED) is 0.321. The number of aromatic nitrogens is 2. The minimum Gasteiger partial charge on any atom is -0.484 e. The van der Waals surface area contributed by atoms with Gasteiger partial charge in [0, 0.05) is 18.0 Å². The van der Waals surface area contributed by atoms with E-state index in [0.29, 0.717) is 17.1 Å². The van der Waals surface area contributed by atoms with E-state index in [-0.39, 0.29) is 12.5 Å². The predicted octanol–water partition coefficient (Wildman–Crippen LogP) is 6.25. The lowest BCUT2D eigenvalue weighted by molar-refractivity contribution is -0.118. The number of nitrogens with one attached hydrogen (secondary N) is 1. The molecule has 0 aliphatic rings. The van der Waals surface area contributed by atoms with Gasteiger partial charge >= 0.3 is 0 Å². The normalized spacial score (nSPS) is 10.9. The Morgan fingerprint density at radius 2 is 1.56 bits per heavy atom. The molecule has 2 heterocycles. The van der Waals surface area contributed by atoms with E-state index in [0.717, 1.165) is 23.2 Å². The number of hydrogen-bond acceptors (Lipinski definition) is 3. The fourth-order valence-electron chi connectivity index (χ4n) is 3.87. The molecular formula is C29H25N3O2. The van der Waals surface area contributed by atoms with Crippen LogP contribution in [0, 0.1) is 0 Å². The molecule has 5 aromatic rings. The van der Waals surface area contributed by atoms with Gasteiger partial charge in [0.15, 0.2) is 12.3 Å². The van der Waals surface area contributed by atoms with Gasteiger partial charge in [-0.1, -0.05) is 73.7 Å². The van der Waals surface area contributed by atoms with Gasteiger partial charge in [0.2, 0.25) is 0 Å². The zero-order valence-corrected chi connectivity index (χ0v) is 18.9. The first-order chi connectivity index (χ1) is 16.7. The Morgan fingerprint density at radius 3 is 2.29 bits per heavy atom. The maximum Gasteiger partial charge on any atom is 0.262 e. The number of nitrogens with zero attached hydrogens (tertiary/aromatic N) is 2. The number of carbonyl (C=O) groups excluding carboxylic acids is 1. The monoisotopic (exact) mass is 447 g/mol. The molecule has 0 aliphatic heterocycles. The summed E-state index contributed by atoms with van der Waals surface area (Å²) in [4.78, 5) is 17.3. The number of ether oxygens (including phenoxy) is 1. The Hall–Kier alpha value is -4.38. The third kappa shape index (κ3) is 4.69. The third-order valence-electron chi connectivity index (χ3n) is 5.75. The summed E-state index contributed by atoms with van der Waals surface area (Å²) < 4.78 is 7.55. The van der Waals surface area contributed by atoms with Crippen LogP contribution < -0.4 is 10.1 Å². The SMILES string of the molecule is CCc1ccc(OCC(=O)Nc2cccn3cc(-c4ccc(-c5ccccc5)cc4)nc23)cc1. The van der Waals surface area contributed by atoms with E-state index in [2.05, 4.69) is 48.6 Å². The fourth-order valence-corrected chi connectivity index (χ4v) is 3.87. The standard InChI is InChI=1S/C29H25N3O2/c1-2-21-10-16-25(17-11-21)34-20-28(33)30-26-9-6-18-32-19-27(31-29(26)32)24-14-12-23(13-15-24)22-7-4-3-5-8-22/h3-19H,2,20H2,1H3,(H,30,33). The van der Waals surface area contributed by atoms with E-state index in [1.807, 2.05) is 71.4 Å². The maximum atomic E-state index is 12.5. The average Bonchev–Trinajstić information content (AvgIpc) is 3.34. The second kappa shape index (κ2) is 9.63. The molecule has 34 heavy (non-hydrogen) atoms. The van der Waals surface area contributed by atoms with Gasteiger partial charge in [0.25, 0.3) is 5.91 Å². The van der Waals surface area contributed by atoms with Crippen LogP contribution in [-0.2, 0) is 11.2 Å². The van der Waals surface area contributed by atoms with Gasteiger partial charge in [0.05, 0.1) is 11.4 Å². The number of anilines is 1. The Morgan fingerprint density at radius 1 is 0.853 bits per heavy atom. The van der Waals surface area contributed by atoms with Crippen molar-refractivity contribution in [3.63, 3.8) is 0 Å². The zero-order valence-electron chi connectivity index (χ0n) is 18.9. The van der Waals surface area contributed by atoms with Crippen LogP contribution in [0.3, 0.4) is 0 Å². The average molecular weight is 448 g/mol. The second-order valence-corrected chi connectivity index (χ2v) is 8.06. The molecule has 5 nitrogen and oxygen atoms in total. The van der Waals surface area contributed by atoms with Crippen LogP contribution >= 0.6 is 0 Å². The van der Waals surface area contributed by atoms with Gasteiger partial charge < -0.3 is 14.5 Å². The van der Waals surface area contributed by atoms with E-state index in [1.165, 1.54) is 11.1 Å². The Balaban J connectivity index is 1.30. The largest absolute Gasteiger partial charge is 0.484 e. The molecule has 5 rings (SSSR count). The van der Waals surface area contributed by atoms with Crippen LogP contribution in [0.1, 0.15) is 12.5 Å². The first-order valence-electron chi connectivity index (χ1n) is 11.3. The first-order valence-corrected chi connectivity index (χ1v) is 11.3. The molecule has 0 fully saturated rings. The Kier molecular flexibility index (Phi) is 6.08. The highest BCUT2D eigenvalue weighted by Gasteiger charge is 2.11. The third-order valence-corrected chi connectivity index (χ3v) is 5.75. The fraction of sp³-hybridized carbons (Fsp3) is 0.103. The molecule has 0 saturated heterocycles. The highest BCUT2D eigenvalue weighted by atomic mass is 16.5. The minimum absolute atomic E-state index is 0.0684. The predicted molar refractivity (Wildman–Crippen MR) is 136 cm³/mol. The number of amides is 1. The molecule has 0 radical (unpaired) electrons. The molecular weight excluding hydrogens is 422 g/mol. The molecule has 1 N–H and O–H groups in total. The number of benzene rings is 3. The number of pyridine rings is 1. The van der Waals surface area contributed by atoms with Crippen molar-refractivity contribution in [3.05, 3.63) is 109 Å². The van der Waals surface area contributed by atoms with Crippen LogP contribution in [0.2, 0.25) is 0 Å². The van der Waals surface area contributed by atoms with E-state index in [4.69, 9.17) is 9.72 Å². The minimum atomic E-state index is -0.232. The summed E-state index contributed by atoms with van der Waals surface area (Å²) in [6.07, 6.45) is 4.86. The van der Waals surface area contributed by atoms with E-state index in [1.54, 1.807) is 0 Å². The summed E-state index contributed by atoms with van der Waals surface area (Å²) in [5, 5.41) is 2.93. The van der Waals surface area contributed by atoms with E-state index in [9.17, 15) is 4.79 Å². The first kappa shape index (κ1) is 21.5. The summed E-state index contributed by atoms with van der Waals surface area (Å²) in [6.45, 7) is 2.03. The lowest BCUT2D eigenvalue weighted by Gasteiger charge is -2.08. The molecule has 1 amide bonds. The summed E-state index contributed by atoms with van der Waals surface area (Å²) in [5.41, 5.74) is 6.75. The summed E-state index contributed by atoms with van der Waals surface area (Å²) in [7, 11) is 0. The summed E-state index contributed by atoms with van der Waals surface area (Å²) >= 11 is 0.